The molecule has 0 saturated carbocycles. The number of amides is 3. The molecule has 0 aliphatic rings. The summed E-state index contributed by atoms with van der Waals surface area (Å²) in [6, 6.07) is -3.79. The highest BCUT2D eigenvalue weighted by Crippen LogP contribution is 2.08. The molecule has 10 N–H and O–H groups in total. The summed E-state index contributed by atoms with van der Waals surface area (Å²) in [4.78, 5) is 53.8. The van der Waals surface area contributed by atoms with E-state index in [0.717, 1.165) is 0 Å². The minimum Gasteiger partial charge on any atom is -0.480 e. The summed E-state index contributed by atoms with van der Waals surface area (Å²) in [5, 5.41) is 17.3. The number of guanidine groups is 1. The number of carboxylic acids is 1. The maximum Gasteiger partial charge on any atom is 0.326 e. The van der Waals surface area contributed by atoms with Crippen LogP contribution in [-0.2, 0) is 19.2 Å². The van der Waals surface area contributed by atoms with E-state index >= 15 is 0 Å². The molecule has 0 heterocycles. The molecular weight excluding hydrogens is 494 g/mol. The van der Waals surface area contributed by atoms with Crippen molar-refractivity contribution in [2.24, 2.45) is 28.1 Å². The van der Waals surface area contributed by atoms with Gasteiger partial charge in [0.15, 0.2) is 5.96 Å². The van der Waals surface area contributed by atoms with Crippen LogP contribution in [0.2, 0.25) is 0 Å². The normalized spacial score (nSPS) is 14.3. The molecule has 0 bridgehead atoms. The number of nitrogens with one attached hydrogen (secondary N) is 3. The Morgan fingerprint density at radius 1 is 0.857 bits per heavy atom. The molecule has 35 heavy (non-hydrogen) atoms. The van der Waals surface area contributed by atoms with Crippen LogP contribution in [0, 0.1) is 5.92 Å². The third kappa shape index (κ3) is 14.1. The lowest BCUT2D eigenvalue weighted by Gasteiger charge is -2.27. The van der Waals surface area contributed by atoms with Gasteiger partial charge in [0, 0.05) is 6.54 Å². The van der Waals surface area contributed by atoms with Crippen LogP contribution >= 0.6 is 23.5 Å². The Morgan fingerprint density at radius 3 is 1.89 bits per heavy atom. The molecule has 202 valence electrons. The molecular formula is C21H41N7O5S2. The van der Waals surface area contributed by atoms with Crippen molar-refractivity contribution in [2.75, 3.05) is 30.6 Å². The zero-order valence-electron chi connectivity index (χ0n) is 20.9. The molecule has 0 rings (SSSR count). The Kier molecular flexibility index (Phi) is 17.0. The molecule has 0 spiro atoms. The fraction of sp³-hybridized carbons (Fsp3) is 0.762. The van der Waals surface area contributed by atoms with E-state index in [2.05, 4.69) is 20.9 Å². The average molecular weight is 536 g/mol. The SMILES string of the molecule is CSCCC(NC(=O)C(CCSC)NC(=O)C(NC(=O)C(N)CCCN=C(N)N)C(C)C)C(=O)O. The average Bonchev–Trinajstić information content (AvgIpc) is 2.79. The van der Waals surface area contributed by atoms with Crippen LogP contribution in [0.3, 0.4) is 0 Å². The number of rotatable bonds is 18. The van der Waals surface area contributed by atoms with Crippen molar-refractivity contribution in [3.05, 3.63) is 0 Å². The van der Waals surface area contributed by atoms with Crippen LogP contribution in [0.1, 0.15) is 39.5 Å². The van der Waals surface area contributed by atoms with Gasteiger partial charge < -0.3 is 38.3 Å². The van der Waals surface area contributed by atoms with Gasteiger partial charge in [-0.1, -0.05) is 13.8 Å². The van der Waals surface area contributed by atoms with Crippen molar-refractivity contribution in [3.8, 4) is 0 Å². The van der Waals surface area contributed by atoms with Crippen molar-refractivity contribution in [2.45, 2.75) is 63.7 Å². The van der Waals surface area contributed by atoms with Crippen LogP contribution < -0.4 is 33.2 Å². The quantitative estimate of drug-likeness (QED) is 0.0650. The molecule has 3 amide bonds. The summed E-state index contributed by atoms with van der Waals surface area (Å²) in [7, 11) is 0. The van der Waals surface area contributed by atoms with E-state index in [9.17, 15) is 24.3 Å². The standard InChI is InChI=1S/C21H41N7O5S2/c1-12(2)16(28-17(29)13(22)6-5-9-25-21(23)24)19(31)26-14(7-10-34-3)18(30)27-15(20(32)33)8-11-35-4/h12-16H,5-11,22H2,1-4H3,(H,26,31)(H,27,30)(H,28,29)(H,32,33)(H4,23,24,25). The molecule has 12 nitrogen and oxygen atoms in total. The molecule has 0 fully saturated rings. The summed E-state index contributed by atoms with van der Waals surface area (Å²) in [5.41, 5.74) is 16.5. The van der Waals surface area contributed by atoms with Gasteiger partial charge in [-0.3, -0.25) is 19.4 Å². The van der Waals surface area contributed by atoms with Crippen molar-refractivity contribution >= 4 is 53.2 Å². The molecule has 0 saturated heterocycles. The number of aliphatic imine (C=N–C) groups is 1. The fourth-order valence-corrected chi connectivity index (χ4v) is 3.92. The highest BCUT2D eigenvalue weighted by atomic mass is 32.2. The Bertz CT molecular complexity index is 720. The van der Waals surface area contributed by atoms with Gasteiger partial charge in [0.25, 0.3) is 0 Å². The van der Waals surface area contributed by atoms with Gasteiger partial charge >= 0.3 is 5.97 Å². The van der Waals surface area contributed by atoms with E-state index in [1.807, 2.05) is 12.5 Å². The van der Waals surface area contributed by atoms with E-state index in [4.69, 9.17) is 17.2 Å². The van der Waals surface area contributed by atoms with Crippen LogP contribution in [-0.4, -0.2) is 89.5 Å². The molecule has 0 aromatic carbocycles. The minimum atomic E-state index is -1.14. The highest BCUT2D eigenvalue weighted by Gasteiger charge is 2.31. The van der Waals surface area contributed by atoms with E-state index in [1.54, 1.807) is 13.8 Å². The lowest BCUT2D eigenvalue weighted by Crippen LogP contribution is -2.58. The predicted molar refractivity (Wildman–Crippen MR) is 142 cm³/mol. The summed E-state index contributed by atoms with van der Waals surface area (Å²) in [5.74, 6) is -1.96. The number of nitrogens with zero attached hydrogens (tertiary/aromatic N) is 1. The molecule has 4 unspecified atom stereocenters. The number of hydrogen-bond acceptors (Lipinski definition) is 8. The second kappa shape index (κ2) is 18.1. The number of carbonyl (C=O) groups is 4. The van der Waals surface area contributed by atoms with Crippen LogP contribution in [0.5, 0.6) is 0 Å². The van der Waals surface area contributed by atoms with E-state index in [1.165, 1.54) is 23.5 Å². The monoisotopic (exact) mass is 535 g/mol. The molecule has 14 heteroatoms. The Balaban J connectivity index is 5.24. The molecule has 0 radical (unpaired) electrons. The lowest BCUT2D eigenvalue weighted by molar-refractivity contribution is -0.142. The van der Waals surface area contributed by atoms with Crippen LogP contribution in [0.4, 0.5) is 0 Å². The summed E-state index contributed by atoms with van der Waals surface area (Å²) >= 11 is 2.97. The molecule has 0 aromatic heterocycles. The third-order valence-corrected chi connectivity index (χ3v) is 6.31. The molecule has 0 aliphatic heterocycles. The van der Waals surface area contributed by atoms with Gasteiger partial charge in [-0.2, -0.15) is 23.5 Å². The number of carbonyl (C=O) groups excluding carboxylic acids is 3. The lowest BCUT2D eigenvalue weighted by atomic mass is 10.0. The minimum absolute atomic E-state index is 0.0430. The first-order valence-corrected chi connectivity index (χ1v) is 14.2. The Hall–Kier alpha value is -2.19. The zero-order valence-corrected chi connectivity index (χ0v) is 22.5. The van der Waals surface area contributed by atoms with Crippen LogP contribution in [0.25, 0.3) is 0 Å². The Labute approximate surface area is 215 Å². The van der Waals surface area contributed by atoms with Crippen LogP contribution in [0.15, 0.2) is 4.99 Å². The van der Waals surface area contributed by atoms with Gasteiger partial charge in [0.2, 0.25) is 17.7 Å². The number of hydrogen-bond donors (Lipinski definition) is 7. The number of aliphatic carboxylic acids is 1. The number of nitrogens with two attached hydrogens (primary N) is 3. The second-order valence-corrected chi connectivity index (χ2v) is 10.3. The first-order chi connectivity index (χ1) is 16.4. The topological polar surface area (TPSA) is 215 Å². The summed E-state index contributed by atoms with van der Waals surface area (Å²) < 4.78 is 0. The maximum absolute atomic E-state index is 13.0. The van der Waals surface area contributed by atoms with E-state index < -0.39 is 47.9 Å². The van der Waals surface area contributed by atoms with Crippen molar-refractivity contribution in [1.29, 1.82) is 0 Å². The number of thioether (sulfide) groups is 2. The zero-order chi connectivity index (χ0) is 27.0. The fourth-order valence-electron chi connectivity index (χ4n) is 2.98. The first-order valence-electron chi connectivity index (χ1n) is 11.4. The second-order valence-electron chi connectivity index (χ2n) is 8.31. The number of carboxylic acid groups (broad SMARTS) is 1. The van der Waals surface area contributed by atoms with E-state index in [-0.39, 0.29) is 18.3 Å². The third-order valence-electron chi connectivity index (χ3n) is 5.02. The summed E-state index contributed by atoms with van der Waals surface area (Å²) in [6.45, 7) is 3.85. The van der Waals surface area contributed by atoms with Gasteiger partial charge in [-0.15, -0.1) is 0 Å². The molecule has 0 aromatic rings. The van der Waals surface area contributed by atoms with Gasteiger partial charge in [0.05, 0.1) is 6.04 Å². The largest absolute Gasteiger partial charge is 0.480 e. The Morgan fingerprint density at radius 2 is 1.40 bits per heavy atom. The van der Waals surface area contributed by atoms with Crippen molar-refractivity contribution < 1.29 is 24.3 Å². The smallest absolute Gasteiger partial charge is 0.326 e. The predicted octanol–water partition coefficient (Wildman–Crippen LogP) is -0.931. The summed E-state index contributed by atoms with van der Waals surface area (Å²) in [6.07, 6.45) is 5.08. The van der Waals surface area contributed by atoms with Crippen molar-refractivity contribution in [3.63, 3.8) is 0 Å². The maximum atomic E-state index is 13.0. The van der Waals surface area contributed by atoms with Gasteiger partial charge in [-0.05, 0) is 55.6 Å². The van der Waals surface area contributed by atoms with E-state index in [0.29, 0.717) is 37.3 Å². The highest BCUT2D eigenvalue weighted by molar-refractivity contribution is 7.98. The first kappa shape index (κ1) is 32.8. The van der Waals surface area contributed by atoms with Gasteiger partial charge in [-0.25, -0.2) is 4.79 Å². The van der Waals surface area contributed by atoms with Crippen molar-refractivity contribution in [1.82, 2.24) is 16.0 Å². The molecule has 4 atom stereocenters. The molecule has 0 aliphatic carbocycles. The van der Waals surface area contributed by atoms with Gasteiger partial charge in [0.1, 0.15) is 18.1 Å².